The summed E-state index contributed by atoms with van der Waals surface area (Å²) in [5.41, 5.74) is 2.52. The second-order valence-corrected chi connectivity index (χ2v) is 8.04. The Hall–Kier alpha value is -1.22. The lowest BCUT2D eigenvalue weighted by Gasteiger charge is -2.41. The quantitative estimate of drug-likeness (QED) is 0.740. The molecule has 0 aromatic heterocycles. The smallest absolute Gasteiger partial charge is 0.0928 e. The van der Waals surface area contributed by atoms with Crippen LogP contribution in [0.15, 0.2) is 42.5 Å². The number of halogens is 2. The molecule has 1 aliphatic rings. The maximum atomic E-state index is 11.6. The first kappa shape index (κ1) is 18.6. The normalized spacial score (nSPS) is 23.5. The number of hydrogen-bond donors (Lipinski definition) is 1. The van der Waals surface area contributed by atoms with Gasteiger partial charge in [0, 0.05) is 19.8 Å². The first-order valence-electron chi connectivity index (χ1n) is 8.85. The van der Waals surface area contributed by atoms with Crippen LogP contribution in [0.3, 0.4) is 0 Å². The van der Waals surface area contributed by atoms with E-state index < -0.39 is 5.60 Å². The fourth-order valence-corrected chi connectivity index (χ4v) is 4.33. The summed E-state index contributed by atoms with van der Waals surface area (Å²) in [6.45, 7) is 0. The Kier molecular flexibility index (Phi) is 5.62. The Morgan fingerprint density at radius 1 is 1.08 bits per heavy atom. The average molecular weight is 378 g/mol. The average Bonchev–Trinajstić information content (AvgIpc) is 2.59. The van der Waals surface area contributed by atoms with Gasteiger partial charge in [0.05, 0.1) is 15.6 Å². The van der Waals surface area contributed by atoms with Crippen LogP contribution in [0, 0.1) is 5.92 Å². The van der Waals surface area contributed by atoms with Crippen LogP contribution in [0.5, 0.6) is 0 Å². The Labute approximate surface area is 160 Å². The number of hydrogen-bond acceptors (Lipinski definition) is 2. The molecule has 3 rings (SSSR count). The van der Waals surface area contributed by atoms with Crippen LogP contribution in [0.4, 0.5) is 5.69 Å². The molecule has 1 fully saturated rings. The second kappa shape index (κ2) is 7.57. The van der Waals surface area contributed by atoms with E-state index in [2.05, 4.69) is 43.3 Å². The van der Waals surface area contributed by atoms with E-state index in [4.69, 9.17) is 23.2 Å². The zero-order valence-electron chi connectivity index (χ0n) is 14.8. The van der Waals surface area contributed by atoms with Gasteiger partial charge in [0.15, 0.2) is 0 Å². The van der Waals surface area contributed by atoms with Crippen molar-refractivity contribution < 1.29 is 5.11 Å². The first-order valence-corrected chi connectivity index (χ1v) is 9.60. The molecule has 2 unspecified atom stereocenters. The molecule has 2 aromatic carbocycles. The molecule has 25 heavy (non-hydrogen) atoms. The molecule has 0 bridgehead atoms. The number of para-hydroxylation sites is 1. The van der Waals surface area contributed by atoms with Crippen molar-refractivity contribution in [3.8, 4) is 0 Å². The van der Waals surface area contributed by atoms with Crippen LogP contribution in [-0.4, -0.2) is 19.2 Å². The highest BCUT2D eigenvalue weighted by Gasteiger charge is 2.40. The van der Waals surface area contributed by atoms with Crippen LogP contribution in [0.25, 0.3) is 0 Å². The predicted octanol–water partition coefficient (Wildman–Crippen LogP) is 5.68. The van der Waals surface area contributed by atoms with Crippen molar-refractivity contribution in [3.05, 3.63) is 63.6 Å². The van der Waals surface area contributed by atoms with Crippen molar-refractivity contribution >= 4 is 28.9 Å². The van der Waals surface area contributed by atoms with Crippen molar-refractivity contribution in [1.82, 2.24) is 0 Å². The summed E-state index contributed by atoms with van der Waals surface area (Å²) in [5, 5.41) is 12.6. The van der Waals surface area contributed by atoms with E-state index in [-0.39, 0.29) is 5.92 Å². The summed E-state index contributed by atoms with van der Waals surface area (Å²) in [7, 11) is 4.12. The molecule has 0 amide bonds. The van der Waals surface area contributed by atoms with E-state index in [1.165, 1.54) is 11.3 Å². The minimum Gasteiger partial charge on any atom is -0.385 e. The van der Waals surface area contributed by atoms with Crippen molar-refractivity contribution in [2.24, 2.45) is 5.92 Å². The molecule has 1 saturated carbocycles. The van der Waals surface area contributed by atoms with E-state index in [1.807, 2.05) is 12.1 Å². The van der Waals surface area contributed by atoms with Crippen LogP contribution in [0.1, 0.15) is 36.8 Å². The third kappa shape index (κ3) is 3.81. The summed E-state index contributed by atoms with van der Waals surface area (Å²) < 4.78 is 0. The maximum absolute atomic E-state index is 11.6. The van der Waals surface area contributed by atoms with Gasteiger partial charge >= 0.3 is 0 Å². The molecular formula is C21H25Cl2NO. The molecule has 4 heteroatoms. The van der Waals surface area contributed by atoms with Gasteiger partial charge in [-0.25, -0.2) is 0 Å². The molecular weight excluding hydrogens is 353 g/mol. The lowest BCUT2D eigenvalue weighted by Crippen LogP contribution is -2.39. The van der Waals surface area contributed by atoms with Gasteiger partial charge in [-0.1, -0.05) is 60.3 Å². The molecule has 0 spiro atoms. The van der Waals surface area contributed by atoms with Gasteiger partial charge in [-0.05, 0) is 54.5 Å². The molecule has 134 valence electrons. The van der Waals surface area contributed by atoms with Gasteiger partial charge in [-0.2, -0.15) is 0 Å². The van der Waals surface area contributed by atoms with Crippen molar-refractivity contribution in [3.63, 3.8) is 0 Å². The van der Waals surface area contributed by atoms with Gasteiger partial charge < -0.3 is 10.0 Å². The lowest BCUT2D eigenvalue weighted by molar-refractivity contribution is -0.0542. The minimum absolute atomic E-state index is 0.166. The van der Waals surface area contributed by atoms with Crippen LogP contribution < -0.4 is 4.90 Å². The third-order valence-electron chi connectivity index (χ3n) is 5.40. The first-order chi connectivity index (χ1) is 11.9. The number of benzene rings is 2. The van der Waals surface area contributed by atoms with Gasteiger partial charge in [0.2, 0.25) is 0 Å². The fourth-order valence-electron chi connectivity index (χ4n) is 4.03. The Balaban J connectivity index is 1.95. The highest BCUT2D eigenvalue weighted by atomic mass is 35.5. The summed E-state index contributed by atoms with van der Waals surface area (Å²) in [6, 6.07) is 14.0. The summed E-state index contributed by atoms with van der Waals surface area (Å²) in [6.07, 6.45) is 4.81. The molecule has 2 nitrogen and oxygen atoms in total. The van der Waals surface area contributed by atoms with Gasteiger partial charge in [0.1, 0.15) is 0 Å². The predicted molar refractivity (Wildman–Crippen MR) is 107 cm³/mol. The molecule has 2 atom stereocenters. The highest BCUT2D eigenvalue weighted by molar-refractivity contribution is 6.42. The van der Waals surface area contributed by atoms with Gasteiger partial charge in [0.25, 0.3) is 0 Å². The lowest BCUT2D eigenvalue weighted by atomic mass is 9.69. The molecule has 0 saturated heterocycles. The third-order valence-corrected chi connectivity index (χ3v) is 6.13. The van der Waals surface area contributed by atoms with Crippen LogP contribution in [0.2, 0.25) is 10.0 Å². The number of nitrogens with zero attached hydrogens (tertiary/aromatic N) is 1. The molecule has 0 heterocycles. The monoisotopic (exact) mass is 377 g/mol. The van der Waals surface area contributed by atoms with E-state index in [0.717, 1.165) is 37.7 Å². The molecule has 0 aliphatic heterocycles. The zero-order valence-corrected chi connectivity index (χ0v) is 16.3. The van der Waals surface area contributed by atoms with Crippen molar-refractivity contribution in [2.75, 3.05) is 19.0 Å². The van der Waals surface area contributed by atoms with Crippen LogP contribution >= 0.6 is 23.2 Å². The van der Waals surface area contributed by atoms with E-state index >= 15 is 0 Å². The fraction of sp³-hybridized carbons (Fsp3) is 0.429. The molecule has 2 aromatic rings. The SMILES string of the molecule is CN(C)c1ccccc1CC1CCCCC1(O)c1ccc(Cl)c(Cl)c1. The number of anilines is 1. The van der Waals surface area contributed by atoms with Crippen molar-refractivity contribution in [1.29, 1.82) is 0 Å². The summed E-state index contributed by atoms with van der Waals surface area (Å²) in [5.74, 6) is 0.166. The van der Waals surface area contributed by atoms with E-state index in [9.17, 15) is 5.11 Å². The van der Waals surface area contributed by atoms with Crippen LogP contribution in [-0.2, 0) is 12.0 Å². The number of rotatable bonds is 4. The topological polar surface area (TPSA) is 23.5 Å². The molecule has 1 N–H and O–H groups in total. The summed E-state index contributed by atoms with van der Waals surface area (Å²) >= 11 is 12.3. The van der Waals surface area contributed by atoms with E-state index in [1.54, 1.807) is 6.07 Å². The minimum atomic E-state index is -0.855. The molecule has 0 radical (unpaired) electrons. The Morgan fingerprint density at radius 2 is 1.84 bits per heavy atom. The Morgan fingerprint density at radius 3 is 2.56 bits per heavy atom. The van der Waals surface area contributed by atoms with Gasteiger partial charge in [-0.15, -0.1) is 0 Å². The maximum Gasteiger partial charge on any atom is 0.0928 e. The van der Waals surface area contributed by atoms with Gasteiger partial charge in [-0.3, -0.25) is 0 Å². The zero-order chi connectivity index (χ0) is 18.0. The standard InChI is InChI=1S/C21H25Cl2NO/c1-24(2)20-9-4-3-7-15(20)13-16-8-5-6-12-21(16,25)17-10-11-18(22)19(23)14-17/h3-4,7,9-11,14,16,25H,5-6,8,12-13H2,1-2H3. The summed E-state index contributed by atoms with van der Waals surface area (Å²) in [4.78, 5) is 2.14. The molecule has 1 aliphatic carbocycles. The number of aliphatic hydroxyl groups is 1. The van der Waals surface area contributed by atoms with E-state index in [0.29, 0.717) is 10.0 Å². The van der Waals surface area contributed by atoms with Crippen molar-refractivity contribution in [2.45, 2.75) is 37.7 Å². The highest BCUT2D eigenvalue weighted by Crippen LogP contribution is 2.45. The Bertz CT molecular complexity index is 746. The second-order valence-electron chi connectivity index (χ2n) is 7.22. The largest absolute Gasteiger partial charge is 0.385 e.